The average molecular weight is 270 g/mol. The number of hydrogen-bond donors (Lipinski definition) is 2. The van der Waals surface area contributed by atoms with Gasteiger partial charge in [0, 0.05) is 17.6 Å². The second-order valence-corrected chi connectivity index (χ2v) is 5.90. The molecule has 1 aromatic heterocycles. The topological polar surface area (TPSA) is 63.8 Å². The maximum absolute atomic E-state index is 5.80. The zero-order chi connectivity index (χ0) is 13.9. The van der Waals surface area contributed by atoms with Crippen molar-refractivity contribution in [3.63, 3.8) is 0 Å². The minimum atomic E-state index is 0.739. The molecule has 2 unspecified atom stereocenters. The zero-order valence-corrected chi connectivity index (χ0v) is 12.0. The van der Waals surface area contributed by atoms with E-state index in [1.165, 1.54) is 25.7 Å². The SMILES string of the molecule is CC1CCCCC1CNc1ncnc2cc(N)ccc12. The van der Waals surface area contributed by atoms with E-state index in [4.69, 9.17) is 5.73 Å². The van der Waals surface area contributed by atoms with Gasteiger partial charge in [-0.2, -0.15) is 0 Å². The Balaban J connectivity index is 1.77. The summed E-state index contributed by atoms with van der Waals surface area (Å²) in [4.78, 5) is 8.66. The molecule has 0 aliphatic heterocycles. The van der Waals surface area contributed by atoms with Crippen LogP contribution in [0.1, 0.15) is 32.6 Å². The number of aromatic nitrogens is 2. The highest BCUT2D eigenvalue weighted by atomic mass is 15.0. The second-order valence-electron chi connectivity index (χ2n) is 5.90. The fourth-order valence-electron chi connectivity index (χ4n) is 3.14. The normalized spacial score (nSPS) is 22.9. The van der Waals surface area contributed by atoms with Crippen LogP contribution in [-0.2, 0) is 0 Å². The van der Waals surface area contributed by atoms with Crippen LogP contribution in [0, 0.1) is 11.8 Å². The predicted octanol–water partition coefficient (Wildman–Crippen LogP) is 3.45. The largest absolute Gasteiger partial charge is 0.399 e. The maximum Gasteiger partial charge on any atom is 0.137 e. The van der Waals surface area contributed by atoms with Crippen molar-refractivity contribution in [1.29, 1.82) is 0 Å². The summed E-state index contributed by atoms with van der Waals surface area (Å²) in [6, 6.07) is 5.79. The molecule has 0 amide bonds. The third-order valence-corrected chi connectivity index (χ3v) is 4.48. The Morgan fingerprint density at radius 1 is 1.25 bits per heavy atom. The lowest BCUT2D eigenvalue weighted by molar-refractivity contribution is 0.268. The van der Waals surface area contributed by atoms with Gasteiger partial charge in [0.2, 0.25) is 0 Å². The Kier molecular flexibility index (Phi) is 3.72. The minimum Gasteiger partial charge on any atom is -0.399 e. The first-order valence-electron chi connectivity index (χ1n) is 7.48. The third-order valence-electron chi connectivity index (χ3n) is 4.48. The van der Waals surface area contributed by atoms with Crippen molar-refractivity contribution in [2.75, 3.05) is 17.6 Å². The molecule has 0 saturated heterocycles. The lowest BCUT2D eigenvalue weighted by atomic mass is 9.80. The summed E-state index contributed by atoms with van der Waals surface area (Å²) in [5.74, 6) is 2.48. The van der Waals surface area contributed by atoms with Crippen LogP contribution in [0.2, 0.25) is 0 Å². The van der Waals surface area contributed by atoms with E-state index in [1.54, 1.807) is 6.33 Å². The van der Waals surface area contributed by atoms with Crippen molar-refractivity contribution < 1.29 is 0 Å². The summed E-state index contributed by atoms with van der Waals surface area (Å²) in [5, 5.41) is 4.56. The van der Waals surface area contributed by atoms with Gasteiger partial charge in [-0.3, -0.25) is 0 Å². The van der Waals surface area contributed by atoms with Crippen LogP contribution in [0.4, 0.5) is 11.5 Å². The van der Waals surface area contributed by atoms with Gasteiger partial charge >= 0.3 is 0 Å². The van der Waals surface area contributed by atoms with Crippen LogP contribution in [0.3, 0.4) is 0 Å². The zero-order valence-electron chi connectivity index (χ0n) is 12.0. The van der Waals surface area contributed by atoms with Gasteiger partial charge in [0.1, 0.15) is 12.1 Å². The Bertz CT molecular complexity index is 596. The van der Waals surface area contributed by atoms with Gasteiger partial charge in [-0.15, -0.1) is 0 Å². The summed E-state index contributed by atoms with van der Waals surface area (Å²) in [6.45, 7) is 3.36. The molecule has 0 radical (unpaired) electrons. The molecule has 106 valence electrons. The smallest absolute Gasteiger partial charge is 0.137 e. The van der Waals surface area contributed by atoms with E-state index in [0.29, 0.717) is 0 Å². The molecule has 1 fully saturated rings. The van der Waals surface area contributed by atoms with E-state index in [2.05, 4.69) is 22.2 Å². The highest BCUT2D eigenvalue weighted by Gasteiger charge is 2.21. The van der Waals surface area contributed by atoms with Gasteiger partial charge in [0.15, 0.2) is 0 Å². The van der Waals surface area contributed by atoms with Crippen molar-refractivity contribution in [1.82, 2.24) is 9.97 Å². The molecule has 2 atom stereocenters. The number of nitrogens with one attached hydrogen (secondary N) is 1. The van der Waals surface area contributed by atoms with E-state index >= 15 is 0 Å². The van der Waals surface area contributed by atoms with E-state index in [-0.39, 0.29) is 0 Å². The van der Waals surface area contributed by atoms with Crippen LogP contribution in [0.15, 0.2) is 24.5 Å². The lowest BCUT2D eigenvalue weighted by Crippen LogP contribution is -2.24. The number of hydrogen-bond acceptors (Lipinski definition) is 4. The highest BCUT2D eigenvalue weighted by Crippen LogP contribution is 2.30. The predicted molar refractivity (Wildman–Crippen MR) is 83.6 cm³/mol. The van der Waals surface area contributed by atoms with Crippen molar-refractivity contribution in [2.45, 2.75) is 32.6 Å². The molecule has 1 aromatic carbocycles. The number of nitrogens with two attached hydrogens (primary N) is 1. The van der Waals surface area contributed by atoms with Gasteiger partial charge in [-0.1, -0.05) is 26.2 Å². The summed E-state index contributed by atoms with van der Waals surface area (Å²) < 4.78 is 0. The Labute approximate surface area is 119 Å². The van der Waals surface area contributed by atoms with E-state index in [1.807, 2.05) is 18.2 Å². The Morgan fingerprint density at radius 3 is 2.95 bits per heavy atom. The first-order chi connectivity index (χ1) is 9.74. The summed E-state index contributed by atoms with van der Waals surface area (Å²) in [6.07, 6.45) is 7.02. The number of anilines is 2. The van der Waals surface area contributed by atoms with Crippen LogP contribution >= 0.6 is 0 Å². The van der Waals surface area contributed by atoms with E-state index < -0.39 is 0 Å². The maximum atomic E-state index is 5.80. The number of rotatable bonds is 3. The lowest BCUT2D eigenvalue weighted by Gasteiger charge is -2.29. The van der Waals surface area contributed by atoms with Crippen molar-refractivity contribution in [3.8, 4) is 0 Å². The summed E-state index contributed by atoms with van der Waals surface area (Å²) in [7, 11) is 0. The van der Waals surface area contributed by atoms with Crippen LogP contribution in [-0.4, -0.2) is 16.5 Å². The molecule has 1 saturated carbocycles. The van der Waals surface area contributed by atoms with E-state index in [9.17, 15) is 0 Å². The fraction of sp³-hybridized carbons (Fsp3) is 0.500. The number of fused-ring (bicyclic) bond motifs is 1. The van der Waals surface area contributed by atoms with Gasteiger partial charge in [0.05, 0.1) is 5.52 Å². The molecule has 20 heavy (non-hydrogen) atoms. The van der Waals surface area contributed by atoms with Crippen LogP contribution in [0.25, 0.3) is 10.9 Å². The van der Waals surface area contributed by atoms with Crippen molar-refractivity contribution in [2.24, 2.45) is 11.8 Å². The quantitative estimate of drug-likeness (QED) is 0.838. The standard InChI is InChI=1S/C16H22N4/c1-11-4-2-3-5-12(11)9-18-16-14-7-6-13(17)8-15(14)19-10-20-16/h6-8,10-12H,2-5,9,17H2,1H3,(H,18,19,20). The van der Waals surface area contributed by atoms with Gasteiger partial charge in [-0.25, -0.2) is 9.97 Å². The van der Waals surface area contributed by atoms with Gasteiger partial charge < -0.3 is 11.1 Å². The molecule has 3 N–H and O–H groups in total. The van der Waals surface area contributed by atoms with Crippen molar-refractivity contribution >= 4 is 22.4 Å². The molecule has 2 aromatic rings. The molecule has 1 aliphatic carbocycles. The first-order valence-corrected chi connectivity index (χ1v) is 7.48. The molecule has 0 bridgehead atoms. The average Bonchev–Trinajstić information content (AvgIpc) is 2.46. The summed E-state index contributed by atoms with van der Waals surface area (Å²) >= 11 is 0. The van der Waals surface area contributed by atoms with Gasteiger partial charge in [-0.05, 0) is 36.5 Å². The molecular formula is C16H22N4. The molecule has 4 nitrogen and oxygen atoms in total. The van der Waals surface area contributed by atoms with Crippen molar-refractivity contribution in [3.05, 3.63) is 24.5 Å². The molecule has 0 spiro atoms. The highest BCUT2D eigenvalue weighted by molar-refractivity contribution is 5.90. The van der Waals surface area contributed by atoms with Crippen LogP contribution < -0.4 is 11.1 Å². The molecule has 4 heteroatoms. The Morgan fingerprint density at radius 2 is 2.10 bits per heavy atom. The minimum absolute atomic E-state index is 0.739. The fourth-order valence-corrected chi connectivity index (χ4v) is 3.14. The van der Waals surface area contributed by atoms with Gasteiger partial charge in [0.25, 0.3) is 0 Å². The number of nitrogen functional groups attached to an aromatic ring is 1. The summed E-state index contributed by atoms with van der Waals surface area (Å²) in [5.41, 5.74) is 7.44. The molecule has 3 rings (SSSR count). The monoisotopic (exact) mass is 270 g/mol. The number of nitrogens with zero attached hydrogens (tertiary/aromatic N) is 2. The third kappa shape index (κ3) is 2.69. The molecule has 1 aliphatic rings. The first kappa shape index (κ1) is 13.2. The second kappa shape index (κ2) is 5.65. The molecule has 1 heterocycles. The van der Waals surface area contributed by atoms with Crippen LogP contribution in [0.5, 0.6) is 0 Å². The van der Waals surface area contributed by atoms with E-state index in [0.717, 1.165) is 40.8 Å². The number of benzene rings is 1. The Hall–Kier alpha value is -1.84. The molecular weight excluding hydrogens is 248 g/mol.